The van der Waals surface area contributed by atoms with Crippen molar-refractivity contribution in [2.45, 2.75) is 13.3 Å². The Balaban J connectivity index is 1.87. The highest BCUT2D eigenvalue weighted by atomic mass is 16.1. The molecule has 0 radical (unpaired) electrons. The molecule has 0 fully saturated rings. The molecule has 3 aromatic heterocycles. The van der Waals surface area contributed by atoms with Gasteiger partial charge < -0.3 is 0 Å². The van der Waals surface area contributed by atoms with Crippen molar-refractivity contribution < 1.29 is 4.79 Å². The maximum Gasteiger partial charge on any atom is 0.168 e. The second-order valence-electron chi connectivity index (χ2n) is 4.49. The minimum absolute atomic E-state index is 0.0711. The SMILES string of the molecule is Cc1cccc(CC(=O)c2ccn3nccc3c2)n1. The van der Waals surface area contributed by atoms with Crippen LogP contribution in [0.15, 0.2) is 48.8 Å². The molecule has 0 bridgehead atoms. The molecule has 0 saturated carbocycles. The number of fused-ring (bicyclic) bond motifs is 1. The minimum atomic E-state index is 0.0711. The second-order valence-corrected chi connectivity index (χ2v) is 4.49. The van der Waals surface area contributed by atoms with Crippen LogP contribution in [0.4, 0.5) is 0 Å². The fraction of sp³-hybridized carbons (Fsp3) is 0.133. The number of ketones is 1. The van der Waals surface area contributed by atoms with E-state index in [1.165, 1.54) is 0 Å². The van der Waals surface area contributed by atoms with E-state index in [1.54, 1.807) is 23.0 Å². The monoisotopic (exact) mass is 251 g/mol. The smallest absolute Gasteiger partial charge is 0.168 e. The van der Waals surface area contributed by atoms with Gasteiger partial charge in [-0.3, -0.25) is 9.78 Å². The van der Waals surface area contributed by atoms with E-state index in [9.17, 15) is 4.79 Å². The Morgan fingerprint density at radius 3 is 3.00 bits per heavy atom. The van der Waals surface area contributed by atoms with E-state index in [4.69, 9.17) is 0 Å². The Bertz CT molecular complexity index is 746. The van der Waals surface area contributed by atoms with E-state index in [0.717, 1.165) is 16.9 Å². The number of nitrogens with zero attached hydrogens (tertiary/aromatic N) is 3. The normalized spacial score (nSPS) is 10.8. The standard InChI is InChI=1S/C15H13N3O/c1-11-3-2-4-13(17-11)10-15(19)12-6-8-18-14(9-12)5-7-16-18/h2-9H,10H2,1H3. The van der Waals surface area contributed by atoms with Crippen molar-refractivity contribution in [1.82, 2.24) is 14.6 Å². The van der Waals surface area contributed by atoms with Gasteiger partial charge in [0.25, 0.3) is 0 Å². The van der Waals surface area contributed by atoms with Gasteiger partial charge in [-0.15, -0.1) is 0 Å². The topological polar surface area (TPSA) is 47.3 Å². The fourth-order valence-electron chi connectivity index (χ4n) is 2.06. The summed E-state index contributed by atoms with van der Waals surface area (Å²) >= 11 is 0. The van der Waals surface area contributed by atoms with Crippen LogP contribution in [0.25, 0.3) is 5.52 Å². The molecule has 0 saturated heterocycles. The molecule has 3 rings (SSSR count). The van der Waals surface area contributed by atoms with Gasteiger partial charge in [0.15, 0.2) is 5.78 Å². The third-order valence-electron chi connectivity index (χ3n) is 3.01. The van der Waals surface area contributed by atoms with Crippen LogP contribution in [0.1, 0.15) is 21.7 Å². The molecule has 4 nitrogen and oxygen atoms in total. The van der Waals surface area contributed by atoms with E-state index in [-0.39, 0.29) is 5.78 Å². The molecule has 4 heteroatoms. The maximum atomic E-state index is 12.2. The lowest BCUT2D eigenvalue weighted by atomic mass is 10.1. The minimum Gasteiger partial charge on any atom is -0.294 e. The molecule has 0 aromatic carbocycles. The zero-order chi connectivity index (χ0) is 13.2. The van der Waals surface area contributed by atoms with Gasteiger partial charge in [0.05, 0.1) is 11.9 Å². The van der Waals surface area contributed by atoms with Crippen molar-refractivity contribution in [2.24, 2.45) is 0 Å². The second kappa shape index (κ2) is 4.65. The zero-order valence-electron chi connectivity index (χ0n) is 10.6. The summed E-state index contributed by atoms with van der Waals surface area (Å²) in [5.74, 6) is 0.0711. The highest BCUT2D eigenvalue weighted by Crippen LogP contribution is 2.10. The van der Waals surface area contributed by atoms with E-state index in [1.807, 2.05) is 37.3 Å². The van der Waals surface area contributed by atoms with Gasteiger partial charge in [-0.05, 0) is 37.3 Å². The van der Waals surface area contributed by atoms with E-state index >= 15 is 0 Å². The van der Waals surface area contributed by atoms with Gasteiger partial charge in [0.2, 0.25) is 0 Å². The lowest BCUT2D eigenvalue weighted by Crippen LogP contribution is -2.06. The van der Waals surface area contributed by atoms with Crippen molar-refractivity contribution in [3.8, 4) is 0 Å². The number of carbonyl (C=O) groups excluding carboxylic acids is 1. The van der Waals surface area contributed by atoms with Gasteiger partial charge >= 0.3 is 0 Å². The van der Waals surface area contributed by atoms with Gasteiger partial charge in [-0.1, -0.05) is 6.07 Å². The van der Waals surface area contributed by atoms with Gasteiger partial charge in [-0.25, -0.2) is 4.52 Å². The summed E-state index contributed by atoms with van der Waals surface area (Å²) in [6.07, 6.45) is 3.84. The van der Waals surface area contributed by atoms with Crippen molar-refractivity contribution in [2.75, 3.05) is 0 Å². The van der Waals surface area contributed by atoms with Crippen molar-refractivity contribution in [3.05, 3.63) is 65.7 Å². The largest absolute Gasteiger partial charge is 0.294 e. The van der Waals surface area contributed by atoms with Crippen LogP contribution in [-0.4, -0.2) is 20.4 Å². The van der Waals surface area contributed by atoms with Crippen LogP contribution in [-0.2, 0) is 6.42 Å². The summed E-state index contributed by atoms with van der Waals surface area (Å²) < 4.78 is 1.74. The molecule has 0 aliphatic rings. The molecule has 0 atom stereocenters. The first-order valence-electron chi connectivity index (χ1n) is 6.11. The molecule has 3 heterocycles. The predicted molar refractivity (Wildman–Crippen MR) is 72.2 cm³/mol. The molecule has 0 spiro atoms. The summed E-state index contributed by atoms with van der Waals surface area (Å²) in [5, 5.41) is 4.11. The first-order chi connectivity index (χ1) is 9.22. The van der Waals surface area contributed by atoms with E-state index in [0.29, 0.717) is 12.0 Å². The Labute approximate surface area is 110 Å². The third kappa shape index (κ3) is 2.38. The molecule has 0 N–H and O–H groups in total. The highest BCUT2D eigenvalue weighted by Gasteiger charge is 2.09. The number of carbonyl (C=O) groups is 1. The molecule has 0 aliphatic heterocycles. The lowest BCUT2D eigenvalue weighted by molar-refractivity contribution is 0.0992. The number of aromatic nitrogens is 3. The number of pyridine rings is 2. The number of hydrogen-bond acceptors (Lipinski definition) is 3. The molecular weight excluding hydrogens is 238 g/mol. The van der Waals surface area contributed by atoms with E-state index in [2.05, 4.69) is 10.1 Å². The molecular formula is C15H13N3O. The van der Waals surface area contributed by atoms with Crippen LogP contribution < -0.4 is 0 Å². The lowest BCUT2D eigenvalue weighted by Gasteiger charge is -2.03. The van der Waals surface area contributed by atoms with Crippen molar-refractivity contribution in [1.29, 1.82) is 0 Å². The highest BCUT2D eigenvalue weighted by molar-refractivity contribution is 5.98. The molecule has 0 aliphatic carbocycles. The van der Waals surface area contributed by atoms with Gasteiger partial charge in [-0.2, -0.15) is 5.10 Å². The summed E-state index contributed by atoms with van der Waals surface area (Å²) in [5.41, 5.74) is 3.34. The van der Waals surface area contributed by atoms with Crippen molar-refractivity contribution >= 4 is 11.3 Å². The third-order valence-corrected chi connectivity index (χ3v) is 3.01. The summed E-state index contributed by atoms with van der Waals surface area (Å²) in [7, 11) is 0. The van der Waals surface area contributed by atoms with Crippen LogP contribution in [0.5, 0.6) is 0 Å². The summed E-state index contributed by atoms with van der Waals surface area (Å²) in [6.45, 7) is 1.92. The molecule has 0 unspecified atom stereocenters. The molecule has 19 heavy (non-hydrogen) atoms. The number of hydrogen-bond donors (Lipinski definition) is 0. The van der Waals surface area contributed by atoms with Crippen molar-refractivity contribution in [3.63, 3.8) is 0 Å². The Hall–Kier alpha value is -2.49. The Morgan fingerprint density at radius 1 is 1.26 bits per heavy atom. The molecule has 94 valence electrons. The average molecular weight is 251 g/mol. The average Bonchev–Trinajstić information content (AvgIpc) is 2.85. The first kappa shape index (κ1) is 11.6. The van der Waals surface area contributed by atoms with Crippen LogP contribution in [0, 0.1) is 6.92 Å². The first-order valence-corrected chi connectivity index (χ1v) is 6.11. The van der Waals surface area contributed by atoms with Crippen LogP contribution >= 0.6 is 0 Å². The Morgan fingerprint density at radius 2 is 2.16 bits per heavy atom. The van der Waals surface area contributed by atoms with Gasteiger partial charge in [0.1, 0.15) is 0 Å². The van der Waals surface area contributed by atoms with Crippen LogP contribution in [0.2, 0.25) is 0 Å². The number of Topliss-reactive ketones (excluding diaryl/α,β-unsaturated/α-hetero) is 1. The number of rotatable bonds is 3. The zero-order valence-corrected chi connectivity index (χ0v) is 10.6. The predicted octanol–water partition coefficient (Wildman–Crippen LogP) is 2.46. The number of aryl methyl sites for hydroxylation is 1. The fourth-order valence-corrected chi connectivity index (χ4v) is 2.06. The Kier molecular flexibility index (Phi) is 2.83. The maximum absolute atomic E-state index is 12.2. The van der Waals surface area contributed by atoms with E-state index < -0.39 is 0 Å². The quantitative estimate of drug-likeness (QED) is 0.672. The summed E-state index contributed by atoms with van der Waals surface area (Å²) in [6, 6.07) is 11.2. The summed E-state index contributed by atoms with van der Waals surface area (Å²) in [4.78, 5) is 16.6. The molecule has 3 aromatic rings. The van der Waals surface area contributed by atoms with Gasteiger partial charge in [0, 0.05) is 29.3 Å². The molecule has 0 amide bonds. The van der Waals surface area contributed by atoms with Crippen LogP contribution in [0.3, 0.4) is 0 Å².